The van der Waals surface area contributed by atoms with E-state index in [0.29, 0.717) is 41.1 Å². The molecule has 2 N–H and O–H groups in total. The van der Waals surface area contributed by atoms with E-state index in [1.807, 2.05) is 19.2 Å². The van der Waals surface area contributed by atoms with Gasteiger partial charge in [0.15, 0.2) is 0 Å². The number of carbonyl (C=O) groups excluding carboxylic acids is 1. The van der Waals surface area contributed by atoms with Crippen LogP contribution in [0.5, 0.6) is 0 Å². The van der Waals surface area contributed by atoms with Crippen molar-refractivity contribution in [1.29, 1.82) is 0 Å². The molecule has 5 aliphatic rings. The molecule has 1 aromatic carbocycles. The zero-order chi connectivity index (χ0) is 29.5. The van der Waals surface area contributed by atoms with Crippen LogP contribution in [-0.4, -0.2) is 24.0 Å². The summed E-state index contributed by atoms with van der Waals surface area (Å²) in [4.78, 5) is 25.0. The molecule has 0 saturated heterocycles. The lowest BCUT2D eigenvalue weighted by Gasteiger charge is -2.67. The average Bonchev–Trinajstić information content (AvgIpc) is 3.33. The molecule has 0 heterocycles. The predicted octanol–water partition coefficient (Wildman–Crippen LogP) is 8.39. The van der Waals surface area contributed by atoms with Crippen molar-refractivity contribution >= 4 is 17.4 Å². The van der Waals surface area contributed by atoms with Gasteiger partial charge in [-0.25, -0.2) is 4.79 Å². The molecule has 1 aromatic rings. The van der Waals surface area contributed by atoms with Crippen molar-refractivity contribution in [3.8, 4) is 0 Å². The van der Waals surface area contributed by atoms with Crippen LogP contribution in [-0.2, 0) is 4.79 Å². The van der Waals surface area contributed by atoms with E-state index in [4.69, 9.17) is 0 Å². The highest BCUT2D eigenvalue weighted by molar-refractivity contribution is 5.88. The highest BCUT2D eigenvalue weighted by Crippen LogP contribution is 2.74. The van der Waals surface area contributed by atoms with Crippen LogP contribution in [0.3, 0.4) is 0 Å². The first-order valence-corrected chi connectivity index (χ1v) is 16.2. The number of hydrogen-bond acceptors (Lipinski definition) is 2. The number of benzene rings is 1. The number of carboxylic acid groups (broad SMARTS) is 1. The maximum Gasteiger partial charge on any atom is 0.335 e. The molecule has 0 bridgehead atoms. The molecule has 222 valence electrons. The molecule has 0 spiro atoms. The monoisotopic (exact) mass is 557 g/mol. The molecule has 6 rings (SSSR count). The van der Waals surface area contributed by atoms with Crippen LogP contribution in [0.2, 0.25) is 0 Å². The summed E-state index contributed by atoms with van der Waals surface area (Å²) in [5.41, 5.74) is 4.54. The van der Waals surface area contributed by atoms with Gasteiger partial charge in [0.25, 0.3) is 0 Å². The predicted molar refractivity (Wildman–Crippen MR) is 165 cm³/mol. The normalized spacial score (nSPS) is 42.5. The van der Waals surface area contributed by atoms with E-state index in [1.54, 1.807) is 12.1 Å². The minimum absolute atomic E-state index is 0.0257. The number of carbonyl (C=O) groups is 2. The van der Waals surface area contributed by atoms with E-state index in [9.17, 15) is 14.7 Å². The van der Waals surface area contributed by atoms with Gasteiger partial charge in [-0.1, -0.05) is 58.1 Å². The second-order valence-electron chi connectivity index (χ2n) is 15.7. The third-order valence-corrected chi connectivity index (χ3v) is 14.0. The summed E-state index contributed by atoms with van der Waals surface area (Å²) in [6.45, 7) is 16.8. The number of carboxylic acids is 1. The van der Waals surface area contributed by atoms with E-state index in [0.717, 1.165) is 25.7 Å². The molecule has 0 radical (unpaired) electrons. The second-order valence-corrected chi connectivity index (χ2v) is 15.7. The summed E-state index contributed by atoms with van der Waals surface area (Å²) in [6, 6.07) is 7.53. The Morgan fingerprint density at radius 2 is 1.51 bits per heavy atom. The standard InChI is InChI=1S/C37H51NO3/c1-22(2)25-16-19-37(33(41)38-7)21-20-35(5)27-14-15-30-34(3,4)26(23-8-10-24(11-9-23)32(39)40)17-18-36(30,6)28(27)12-13-29(35)31(25)37/h8-11,17,25,27-31H,1,12-16,18-21H2,2-7H3,(H,38,41)(H,39,40)/t25-,27?,28-,29+,30-,31+,35-,36+,37-/m0/s1. The molecule has 5 aliphatic carbocycles. The molecule has 4 fully saturated rings. The maximum atomic E-state index is 13.5. The van der Waals surface area contributed by atoms with Gasteiger partial charge in [0, 0.05) is 7.05 Å². The van der Waals surface area contributed by atoms with Crippen LogP contribution in [0.25, 0.3) is 5.57 Å². The first-order valence-electron chi connectivity index (χ1n) is 16.2. The van der Waals surface area contributed by atoms with Gasteiger partial charge in [0.2, 0.25) is 5.91 Å². The van der Waals surface area contributed by atoms with Crippen molar-refractivity contribution in [1.82, 2.24) is 5.32 Å². The smallest absolute Gasteiger partial charge is 0.335 e. The Labute approximate surface area is 247 Å². The largest absolute Gasteiger partial charge is 0.478 e. The molecule has 4 heteroatoms. The van der Waals surface area contributed by atoms with E-state index in [1.165, 1.54) is 48.8 Å². The van der Waals surface area contributed by atoms with Crippen LogP contribution in [0, 0.1) is 57.2 Å². The Kier molecular flexibility index (Phi) is 6.71. The number of amides is 1. The summed E-state index contributed by atoms with van der Waals surface area (Å²) >= 11 is 0. The number of nitrogens with one attached hydrogen (secondary N) is 1. The third-order valence-electron chi connectivity index (χ3n) is 14.0. The molecular weight excluding hydrogens is 506 g/mol. The van der Waals surface area contributed by atoms with Crippen LogP contribution >= 0.6 is 0 Å². The van der Waals surface area contributed by atoms with Crippen molar-refractivity contribution in [3.05, 3.63) is 53.6 Å². The van der Waals surface area contributed by atoms with Crippen molar-refractivity contribution in [3.63, 3.8) is 0 Å². The third kappa shape index (κ3) is 3.91. The van der Waals surface area contributed by atoms with E-state index in [2.05, 4.69) is 52.6 Å². The Balaban J connectivity index is 1.33. The molecular formula is C37H51NO3. The molecule has 1 unspecified atom stereocenters. The van der Waals surface area contributed by atoms with Crippen LogP contribution in [0.1, 0.15) is 108 Å². The van der Waals surface area contributed by atoms with Crippen molar-refractivity contribution in [2.75, 3.05) is 7.05 Å². The quantitative estimate of drug-likeness (QED) is 0.365. The first kappa shape index (κ1) is 28.7. The van der Waals surface area contributed by atoms with Crippen LogP contribution in [0.4, 0.5) is 0 Å². The summed E-state index contributed by atoms with van der Waals surface area (Å²) in [5.74, 6) is 2.90. The van der Waals surface area contributed by atoms with Crippen LogP contribution < -0.4 is 5.32 Å². The second kappa shape index (κ2) is 9.58. The number of rotatable bonds is 4. The van der Waals surface area contributed by atoms with E-state index in [-0.39, 0.29) is 27.6 Å². The zero-order valence-corrected chi connectivity index (χ0v) is 26.2. The average molecular weight is 558 g/mol. The van der Waals surface area contributed by atoms with Gasteiger partial charge in [-0.15, -0.1) is 0 Å². The minimum atomic E-state index is -0.870. The lowest BCUT2D eigenvalue weighted by atomic mass is 9.37. The summed E-state index contributed by atoms with van der Waals surface area (Å²) in [7, 11) is 1.84. The van der Waals surface area contributed by atoms with Gasteiger partial charge < -0.3 is 10.4 Å². The Morgan fingerprint density at radius 1 is 0.878 bits per heavy atom. The van der Waals surface area contributed by atoms with E-state index < -0.39 is 5.97 Å². The highest BCUT2D eigenvalue weighted by Gasteiger charge is 2.68. The molecule has 1 amide bonds. The SMILES string of the molecule is C=C(C)[C@@H]1CC[C@]2(C(=O)NC)CC[C@@]3(C)C4CC[C@H]5C(C)(C)C(c6ccc(C(=O)O)cc6)=CC[C@]5(C)[C@H]4CC[C@@H]3[C@@H]12. The first-order chi connectivity index (χ1) is 19.3. The molecule has 41 heavy (non-hydrogen) atoms. The topological polar surface area (TPSA) is 66.4 Å². The Morgan fingerprint density at radius 3 is 2.15 bits per heavy atom. The number of aromatic carboxylic acids is 1. The maximum absolute atomic E-state index is 13.5. The lowest BCUT2D eigenvalue weighted by Crippen LogP contribution is -2.62. The van der Waals surface area contributed by atoms with Crippen molar-refractivity contribution < 1.29 is 14.7 Å². The van der Waals surface area contributed by atoms with Gasteiger partial charge in [-0.2, -0.15) is 0 Å². The van der Waals surface area contributed by atoms with Gasteiger partial charge in [0.1, 0.15) is 0 Å². The number of allylic oxidation sites excluding steroid dienone is 3. The Hall–Kier alpha value is -2.36. The molecule has 4 nitrogen and oxygen atoms in total. The van der Waals surface area contributed by atoms with Gasteiger partial charge >= 0.3 is 5.97 Å². The summed E-state index contributed by atoms with van der Waals surface area (Å²) < 4.78 is 0. The van der Waals surface area contributed by atoms with E-state index >= 15 is 0 Å². The van der Waals surface area contributed by atoms with Gasteiger partial charge in [-0.3, -0.25) is 4.79 Å². The van der Waals surface area contributed by atoms with Crippen molar-refractivity contribution in [2.24, 2.45) is 57.2 Å². The molecule has 0 aliphatic heterocycles. The minimum Gasteiger partial charge on any atom is -0.478 e. The highest BCUT2D eigenvalue weighted by atomic mass is 16.4. The Bertz CT molecular complexity index is 1290. The summed E-state index contributed by atoms with van der Waals surface area (Å²) in [5, 5.41) is 12.5. The zero-order valence-electron chi connectivity index (χ0n) is 26.2. The fraction of sp³-hybridized carbons (Fsp3) is 0.676. The molecule has 0 aromatic heterocycles. The van der Waals surface area contributed by atoms with Gasteiger partial charge in [0.05, 0.1) is 11.0 Å². The lowest BCUT2D eigenvalue weighted by molar-refractivity contribution is -0.181. The van der Waals surface area contributed by atoms with Crippen LogP contribution in [0.15, 0.2) is 42.5 Å². The molecule has 9 atom stereocenters. The van der Waals surface area contributed by atoms with Gasteiger partial charge in [-0.05, 0) is 140 Å². The summed E-state index contributed by atoms with van der Waals surface area (Å²) in [6.07, 6.45) is 13.0. The fourth-order valence-corrected chi connectivity index (χ4v) is 12.1. The number of hydrogen-bond donors (Lipinski definition) is 2. The number of fused-ring (bicyclic) bond motifs is 7. The molecule has 4 saturated carbocycles. The van der Waals surface area contributed by atoms with Crippen molar-refractivity contribution in [2.45, 2.75) is 92.4 Å². The fourth-order valence-electron chi connectivity index (χ4n) is 12.1.